The van der Waals surface area contributed by atoms with Crippen molar-refractivity contribution < 1.29 is 4.79 Å². The Bertz CT molecular complexity index is 338. The van der Waals surface area contributed by atoms with Crippen LogP contribution in [0.5, 0.6) is 0 Å². The summed E-state index contributed by atoms with van der Waals surface area (Å²) in [5.41, 5.74) is 0. The molecule has 1 fully saturated rings. The summed E-state index contributed by atoms with van der Waals surface area (Å²) in [6.45, 7) is 0.502. The normalized spacial score (nSPS) is 22.8. The van der Waals surface area contributed by atoms with E-state index in [0.29, 0.717) is 23.9 Å². The maximum absolute atomic E-state index is 11.3. The van der Waals surface area contributed by atoms with Crippen LogP contribution in [-0.4, -0.2) is 28.0 Å². The van der Waals surface area contributed by atoms with Crippen molar-refractivity contribution in [3.8, 4) is 0 Å². The summed E-state index contributed by atoms with van der Waals surface area (Å²) in [4.78, 5) is 12.9. The van der Waals surface area contributed by atoms with Gasteiger partial charge in [0.25, 0.3) is 0 Å². The summed E-state index contributed by atoms with van der Waals surface area (Å²) in [6, 6.07) is 1.61. The number of carbonyl (C=O) groups is 1. The number of carbonyl (C=O) groups excluding carboxylic acids is 1. The Kier molecular flexibility index (Phi) is 2.17. The minimum Gasteiger partial charge on any atom is -0.294 e. The van der Waals surface area contributed by atoms with Crippen LogP contribution < -0.4 is 4.90 Å². The van der Waals surface area contributed by atoms with Gasteiger partial charge in [0.05, 0.1) is 5.38 Å². The van der Waals surface area contributed by atoms with E-state index >= 15 is 0 Å². The Balaban J connectivity index is 2.22. The molecule has 0 radical (unpaired) electrons. The molecule has 1 unspecified atom stereocenters. The van der Waals surface area contributed by atoms with Crippen LogP contribution >= 0.6 is 23.2 Å². The Morgan fingerprint density at radius 3 is 2.92 bits per heavy atom. The van der Waals surface area contributed by atoms with Crippen molar-refractivity contribution in [3.63, 3.8) is 0 Å². The highest BCUT2D eigenvalue weighted by Crippen LogP contribution is 2.23. The zero-order valence-electron chi connectivity index (χ0n) is 6.63. The molecule has 1 aromatic heterocycles. The molecule has 1 N–H and O–H groups in total. The lowest BCUT2D eigenvalue weighted by molar-refractivity contribution is -0.117. The van der Waals surface area contributed by atoms with Crippen molar-refractivity contribution in [2.75, 3.05) is 11.4 Å². The third-order valence-corrected chi connectivity index (χ3v) is 2.37. The van der Waals surface area contributed by atoms with Crippen molar-refractivity contribution >= 4 is 34.9 Å². The Labute approximate surface area is 84.8 Å². The number of amides is 1. The lowest BCUT2D eigenvalue weighted by Gasteiger charge is -2.10. The number of nitrogens with zero attached hydrogens (tertiary/aromatic N) is 2. The quantitative estimate of drug-likeness (QED) is 0.727. The Hall–Kier alpha value is -0.740. The number of nitrogens with one attached hydrogen (secondary N) is 1. The van der Waals surface area contributed by atoms with Crippen molar-refractivity contribution in [1.29, 1.82) is 0 Å². The summed E-state index contributed by atoms with van der Waals surface area (Å²) < 4.78 is 0. The number of H-pyrrole nitrogens is 1. The molecule has 2 heterocycles. The molecule has 0 spiro atoms. The van der Waals surface area contributed by atoms with Crippen LogP contribution in [0.2, 0.25) is 5.15 Å². The predicted molar refractivity (Wildman–Crippen MR) is 50.2 cm³/mol. The van der Waals surface area contributed by atoms with Gasteiger partial charge in [-0.2, -0.15) is 5.10 Å². The van der Waals surface area contributed by atoms with Gasteiger partial charge in [0.15, 0.2) is 5.82 Å². The number of aromatic amines is 1. The average Bonchev–Trinajstić information content (AvgIpc) is 2.58. The summed E-state index contributed by atoms with van der Waals surface area (Å²) in [5, 5.41) is 6.73. The SMILES string of the molecule is O=C1CC(Cl)CN1c1cc(Cl)[nH]n1. The van der Waals surface area contributed by atoms with Gasteiger partial charge in [-0.15, -0.1) is 11.6 Å². The van der Waals surface area contributed by atoms with Gasteiger partial charge >= 0.3 is 0 Å². The highest BCUT2D eigenvalue weighted by molar-refractivity contribution is 6.29. The number of hydrogen-bond acceptors (Lipinski definition) is 2. The third kappa shape index (κ3) is 1.64. The van der Waals surface area contributed by atoms with E-state index in [1.807, 2.05) is 0 Å². The second-order valence-corrected chi connectivity index (χ2v) is 3.90. The van der Waals surface area contributed by atoms with Crippen LogP contribution in [-0.2, 0) is 4.79 Å². The minimum atomic E-state index is -0.122. The molecule has 6 heteroatoms. The topological polar surface area (TPSA) is 49.0 Å². The second kappa shape index (κ2) is 3.20. The Morgan fingerprint density at radius 2 is 2.46 bits per heavy atom. The molecule has 2 rings (SSSR count). The first-order chi connectivity index (χ1) is 6.16. The molecule has 1 aromatic rings. The fourth-order valence-corrected chi connectivity index (χ4v) is 1.72. The van der Waals surface area contributed by atoms with E-state index in [2.05, 4.69) is 10.2 Å². The van der Waals surface area contributed by atoms with Crippen LogP contribution in [0.4, 0.5) is 5.82 Å². The molecule has 0 bridgehead atoms. The van der Waals surface area contributed by atoms with E-state index in [1.54, 1.807) is 6.07 Å². The van der Waals surface area contributed by atoms with Crippen molar-refractivity contribution in [1.82, 2.24) is 10.2 Å². The van der Waals surface area contributed by atoms with Crippen LogP contribution in [0, 0.1) is 0 Å². The lowest BCUT2D eigenvalue weighted by Crippen LogP contribution is -2.24. The zero-order chi connectivity index (χ0) is 9.42. The van der Waals surface area contributed by atoms with E-state index in [-0.39, 0.29) is 11.3 Å². The van der Waals surface area contributed by atoms with Crippen molar-refractivity contribution in [2.24, 2.45) is 0 Å². The van der Waals surface area contributed by atoms with E-state index in [9.17, 15) is 4.79 Å². The number of aromatic nitrogens is 2. The predicted octanol–water partition coefficient (Wildman–Crippen LogP) is 1.41. The molecular weight excluding hydrogens is 213 g/mol. The fourth-order valence-electron chi connectivity index (χ4n) is 1.31. The first-order valence-electron chi connectivity index (χ1n) is 3.82. The molecule has 1 amide bonds. The van der Waals surface area contributed by atoms with Crippen LogP contribution in [0.1, 0.15) is 6.42 Å². The van der Waals surface area contributed by atoms with Crippen molar-refractivity contribution in [3.05, 3.63) is 11.2 Å². The van der Waals surface area contributed by atoms with Gasteiger partial charge in [-0.05, 0) is 0 Å². The van der Waals surface area contributed by atoms with Gasteiger partial charge in [-0.25, -0.2) is 0 Å². The van der Waals surface area contributed by atoms with Crippen LogP contribution in [0.15, 0.2) is 6.07 Å². The standard InChI is InChI=1S/C7H7Cl2N3O/c8-4-1-7(13)12(3-4)6-2-5(9)10-11-6/h2,4H,1,3H2,(H,10,11). The number of hydrogen-bond donors (Lipinski definition) is 1. The maximum atomic E-state index is 11.3. The summed E-state index contributed by atoms with van der Waals surface area (Å²) in [7, 11) is 0. The number of alkyl halides is 1. The Morgan fingerprint density at radius 1 is 1.69 bits per heavy atom. The van der Waals surface area contributed by atoms with E-state index < -0.39 is 0 Å². The zero-order valence-corrected chi connectivity index (χ0v) is 8.14. The molecule has 0 aromatic carbocycles. The summed E-state index contributed by atoms with van der Waals surface area (Å²) in [6.07, 6.45) is 0.367. The van der Waals surface area contributed by atoms with E-state index in [1.165, 1.54) is 4.90 Å². The van der Waals surface area contributed by atoms with Gasteiger partial charge in [0.1, 0.15) is 5.15 Å². The van der Waals surface area contributed by atoms with E-state index in [0.717, 1.165) is 0 Å². The molecular formula is C7H7Cl2N3O. The maximum Gasteiger partial charge on any atom is 0.229 e. The number of rotatable bonds is 1. The monoisotopic (exact) mass is 219 g/mol. The molecule has 1 saturated heterocycles. The smallest absolute Gasteiger partial charge is 0.229 e. The average molecular weight is 220 g/mol. The third-order valence-electron chi connectivity index (χ3n) is 1.89. The van der Waals surface area contributed by atoms with E-state index in [4.69, 9.17) is 23.2 Å². The molecule has 1 aliphatic rings. The molecule has 4 nitrogen and oxygen atoms in total. The molecule has 70 valence electrons. The largest absolute Gasteiger partial charge is 0.294 e. The van der Waals surface area contributed by atoms with Gasteiger partial charge in [-0.3, -0.25) is 14.8 Å². The first-order valence-corrected chi connectivity index (χ1v) is 4.63. The van der Waals surface area contributed by atoms with Crippen molar-refractivity contribution in [2.45, 2.75) is 11.8 Å². The van der Waals surface area contributed by atoms with Gasteiger partial charge in [0.2, 0.25) is 5.91 Å². The van der Waals surface area contributed by atoms with Crippen LogP contribution in [0.3, 0.4) is 0 Å². The molecule has 13 heavy (non-hydrogen) atoms. The molecule has 0 saturated carbocycles. The highest BCUT2D eigenvalue weighted by atomic mass is 35.5. The first kappa shape index (κ1) is 8.84. The summed E-state index contributed by atoms with van der Waals surface area (Å²) >= 11 is 11.5. The molecule has 1 atom stereocenters. The van der Waals surface area contributed by atoms with Gasteiger partial charge < -0.3 is 0 Å². The summed E-state index contributed by atoms with van der Waals surface area (Å²) in [5.74, 6) is 0.529. The number of halogens is 2. The fraction of sp³-hybridized carbons (Fsp3) is 0.429. The van der Waals surface area contributed by atoms with Crippen LogP contribution in [0.25, 0.3) is 0 Å². The second-order valence-electron chi connectivity index (χ2n) is 2.88. The highest BCUT2D eigenvalue weighted by Gasteiger charge is 2.30. The molecule has 0 aliphatic carbocycles. The lowest BCUT2D eigenvalue weighted by atomic mass is 10.4. The molecule has 1 aliphatic heterocycles. The van der Waals surface area contributed by atoms with Gasteiger partial charge in [-0.1, -0.05) is 11.6 Å². The number of anilines is 1. The van der Waals surface area contributed by atoms with Gasteiger partial charge in [0, 0.05) is 19.0 Å². The minimum absolute atomic E-state index is 0.0110.